The minimum Gasteiger partial charge on any atom is -0.326 e. The fourth-order valence-corrected chi connectivity index (χ4v) is 15.3. The van der Waals surface area contributed by atoms with Gasteiger partial charge in [0.1, 0.15) is 0 Å². The first kappa shape index (κ1) is 62.2. The molecule has 0 spiro atoms. The Morgan fingerprint density at radius 1 is 0.294 bits per heavy atom. The van der Waals surface area contributed by atoms with E-state index in [1.165, 1.54) is 316 Å². The van der Waals surface area contributed by atoms with Crippen LogP contribution in [0.4, 0.5) is 0 Å². The quantitative estimate of drug-likeness (QED) is 0.0421. The van der Waals surface area contributed by atoms with Crippen LogP contribution >= 0.6 is 0 Å². The van der Waals surface area contributed by atoms with Crippen LogP contribution in [0.15, 0.2) is 0 Å². The maximum absolute atomic E-state index is 2.51. The highest BCUT2D eigenvalue weighted by molar-refractivity contribution is 5.06. The zero-order chi connectivity index (χ0) is 49.1. The number of hydrogen-bond donors (Lipinski definition) is 0. The number of nitrogens with zero attached hydrogens (tertiary/aromatic N) is 3. The van der Waals surface area contributed by atoms with E-state index in [0.717, 1.165) is 23.7 Å². The highest BCUT2D eigenvalue weighted by Gasteiger charge is 2.60. The lowest BCUT2D eigenvalue weighted by Crippen LogP contribution is -2.67. The average Bonchev–Trinajstić information content (AvgIpc) is 3.31. The van der Waals surface area contributed by atoms with Crippen molar-refractivity contribution in [2.45, 2.75) is 323 Å². The molecule has 68 heavy (non-hydrogen) atoms. The summed E-state index contributed by atoms with van der Waals surface area (Å²) in [5.41, 5.74) is 0.618. The summed E-state index contributed by atoms with van der Waals surface area (Å²) in [5.74, 6) is 4.25. The standard InChI is InChI=1S/C65H132N3/c1-9-14-19-21-33-42-52-68(53-43-34-22-20-15-10-2,55-46-37-31-28-32-38-47-64-62-56-61-57-63(64)60-65(58-61,59-62)66(6,7)8)54-45-36-30-27-25-23-24-26-29-35-44-51-67(48-39-16-11-3,49-40-17-12-4)50-41-18-13-5/h61-64H,9-60H2,1-8H3/q+3/t61?,62-,63?,64?,65?/m1/s1. The normalized spacial score (nSPS) is 21.7. The first-order valence-electron chi connectivity index (χ1n) is 32.6. The van der Waals surface area contributed by atoms with Crippen LogP contribution < -0.4 is 0 Å². The van der Waals surface area contributed by atoms with Crippen LogP contribution in [0.25, 0.3) is 0 Å². The minimum absolute atomic E-state index is 0.618. The van der Waals surface area contributed by atoms with Gasteiger partial charge in [0, 0.05) is 19.3 Å². The van der Waals surface area contributed by atoms with Gasteiger partial charge in [-0.1, -0.05) is 176 Å². The molecule has 4 aliphatic carbocycles. The third kappa shape index (κ3) is 24.7. The van der Waals surface area contributed by atoms with Gasteiger partial charge < -0.3 is 13.4 Å². The second-order valence-corrected chi connectivity index (χ2v) is 26.3. The summed E-state index contributed by atoms with van der Waals surface area (Å²) >= 11 is 0. The molecule has 0 aromatic rings. The Balaban J connectivity index is 1.38. The molecule has 4 fully saturated rings. The number of quaternary nitrogens is 3. The molecule has 0 aliphatic heterocycles. The third-order valence-corrected chi connectivity index (χ3v) is 19.7. The molecule has 404 valence electrons. The summed E-state index contributed by atoms with van der Waals surface area (Å²) in [6, 6.07) is 0. The highest BCUT2D eigenvalue weighted by atomic mass is 15.4. The van der Waals surface area contributed by atoms with E-state index in [2.05, 4.69) is 55.8 Å². The van der Waals surface area contributed by atoms with Crippen molar-refractivity contribution >= 4 is 0 Å². The van der Waals surface area contributed by atoms with Crippen molar-refractivity contribution in [1.82, 2.24) is 0 Å². The molecule has 4 saturated carbocycles. The Hall–Kier alpha value is -0.120. The summed E-state index contributed by atoms with van der Waals surface area (Å²) in [7, 11) is 7.54. The second kappa shape index (κ2) is 37.6. The van der Waals surface area contributed by atoms with Crippen molar-refractivity contribution in [2.75, 3.05) is 73.5 Å². The lowest BCUT2D eigenvalue weighted by atomic mass is 9.47. The van der Waals surface area contributed by atoms with Gasteiger partial charge in [0.25, 0.3) is 0 Å². The summed E-state index contributed by atoms with van der Waals surface area (Å²) < 4.78 is 4.16. The van der Waals surface area contributed by atoms with Crippen LogP contribution in [0.1, 0.15) is 317 Å². The molecule has 4 unspecified atom stereocenters. The molecule has 0 aromatic heterocycles. The van der Waals surface area contributed by atoms with Gasteiger partial charge in [-0.25, -0.2) is 0 Å². The fourth-order valence-electron chi connectivity index (χ4n) is 15.3. The fraction of sp³-hybridized carbons (Fsp3) is 1.00. The topological polar surface area (TPSA) is 0 Å². The summed E-state index contributed by atoms with van der Waals surface area (Å²) in [6.07, 6.45) is 64.8. The molecule has 3 nitrogen and oxygen atoms in total. The van der Waals surface area contributed by atoms with Gasteiger partial charge in [-0.3, -0.25) is 0 Å². The van der Waals surface area contributed by atoms with Gasteiger partial charge in [0.05, 0.1) is 79.0 Å². The largest absolute Gasteiger partial charge is 0.326 e. The van der Waals surface area contributed by atoms with Gasteiger partial charge in [-0.15, -0.1) is 0 Å². The molecular formula is C65H132N3+3. The Labute approximate surface area is 431 Å². The van der Waals surface area contributed by atoms with E-state index in [0.29, 0.717) is 5.54 Å². The van der Waals surface area contributed by atoms with Gasteiger partial charge in [0.15, 0.2) is 0 Å². The van der Waals surface area contributed by atoms with Crippen LogP contribution in [0.5, 0.6) is 0 Å². The molecule has 5 atom stereocenters. The molecular weight excluding hydrogens is 823 g/mol. The molecule has 0 heterocycles. The maximum atomic E-state index is 2.51. The van der Waals surface area contributed by atoms with Crippen LogP contribution in [0.2, 0.25) is 0 Å². The zero-order valence-corrected chi connectivity index (χ0v) is 48.9. The van der Waals surface area contributed by atoms with E-state index in [4.69, 9.17) is 0 Å². The van der Waals surface area contributed by atoms with E-state index in [9.17, 15) is 0 Å². The average molecular weight is 956 g/mol. The first-order valence-corrected chi connectivity index (χ1v) is 32.6. The Morgan fingerprint density at radius 3 is 0.809 bits per heavy atom. The molecule has 0 aromatic carbocycles. The van der Waals surface area contributed by atoms with E-state index in [1.807, 2.05) is 0 Å². The second-order valence-electron chi connectivity index (χ2n) is 26.3. The van der Waals surface area contributed by atoms with E-state index < -0.39 is 0 Å². The highest BCUT2D eigenvalue weighted by Crippen LogP contribution is 2.62. The Kier molecular flexibility index (Phi) is 34.4. The Morgan fingerprint density at radius 2 is 0.529 bits per heavy atom. The molecule has 4 bridgehead atoms. The predicted molar refractivity (Wildman–Crippen MR) is 306 cm³/mol. The summed E-state index contributed by atoms with van der Waals surface area (Å²) in [5, 5.41) is 0. The van der Waals surface area contributed by atoms with Crippen LogP contribution in [0.3, 0.4) is 0 Å². The number of hydrogen-bond acceptors (Lipinski definition) is 0. The van der Waals surface area contributed by atoms with Crippen molar-refractivity contribution in [3.8, 4) is 0 Å². The zero-order valence-electron chi connectivity index (χ0n) is 48.9. The van der Waals surface area contributed by atoms with Crippen LogP contribution in [0, 0.1) is 23.7 Å². The maximum Gasteiger partial charge on any atom is 0.0994 e. The molecule has 4 rings (SSSR count). The lowest BCUT2D eigenvalue weighted by Gasteiger charge is -2.63. The van der Waals surface area contributed by atoms with E-state index in [-0.39, 0.29) is 0 Å². The first-order chi connectivity index (χ1) is 33.1. The van der Waals surface area contributed by atoms with Crippen molar-refractivity contribution < 1.29 is 13.4 Å². The molecule has 4 aliphatic rings. The lowest BCUT2D eigenvalue weighted by molar-refractivity contribution is -0.930. The van der Waals surface area contributed by atoms with Crippen molar-refractivity contribution in [3.63, 3.8) is 0 Å². The van der Waals surface area contributed by atoms with Crippen LogP contribution in [-0.2, 0) is 0 Å². The smallest absolute Gasteiger partial charge is 0.0994 e. The van der Waals surface area contributed by atoms with Crippen molar-refractivity contribution in [3.05, 3.63) is 0 Å². The monoisotopic (exact) mass is 955 g/mol. The van der Waals surface area contributed by atoms with Crippen LogP contribution in [-0.4, -0.2) is 92.5 Å². The molecule has 0 amide bonds. The third-order valence-electron chi connectivity index (χ3n) is 19.7. The summed E-state index contributed by atoms with van der Waals surface area (Å²) in [4.78, 5) is 0. The predicted octanol–water partition coefficient (Wildman–Crippen LogP) is 19.8. The van der Waals surface area contributed by atoms with Gasteiger partial charge in [-0.05, 0) is 146 Å². The van der Waals surface area contributed by atoms with E-state index >= 15 is 0 Å². The van der Waals surface area contributed by atoms with E-state index in [1.54, 1.807) is 32.1 Å². The molecule has 0 saturated heterocycles. The molecule has 3 heteroatoms. The Bertz CT molecular complexity index is 1080. The van der Waals surface area contributed by atoms with Gasteiger partial charge >= 0.3 is 0 Å². The minimum atomic E-state index is 0.618. The van der Waals surface area contributed by atoms with Gasteiger partial charge in [-0.2, -0.15) is 0 Å². The van der Waals surface area contributed by atoms with Crippen molar-refractivity contribution in [2.24, 2.45) is 23.7 Å². The SMILES string of the molecule is CCCCCCCC[N+](CCCCCCCC)(CCCCCCCCCCCCC[N+](CCCCC)(CCCCC)CCCCC)CCCCCCCCC1C2CC3C[C@@H]1CC([N+](C)(C)C)(C3)C2. The number of unbranched alkanes of at least 4 members (excludes halogenated alkanes) is 31. The van der Waals surface area contributed by atoms with Gasteiger partial charge in [0.2, 0.25) is 0 Å². The van der Waals surface area contributed by atoms with Crippen molar-refractivity contribution in [1.29, 1.82) is 0 Å². The summed E-state index contributed by atoms with van der Waals surface area (Å²) in [6.45, 7) is 23.7. The molecule has 0 N–H and O–H groups in total. The number of rotatable bonds is 50. The molecule has 0 radical (unpaired) electrons.